The number of carbonyl (C=O) groups excluding carboxylic acids is 2. The van der Waals surface area contributed by atoms with Crippen molar-refractivity contribution in [1.82, 2.24) is 0 Å². The Morgan fingerprint density at radius 1 is 1.03 bits per heavy atom. The third-order valence-corrected chi connectivity index (χ3v) is 4.91. The van der Waals surface area contributed by atoms with E-state index in [1.54, 1.807) is 18.2 Å². The van der Waals surface area contributed by atoms with Crippen LogP contribution in [-0.4, -0.2) is 18.5 Å². The molecule has 6 heteroatoms. The Morgan fingerprint density at radius 2 is 1.66 bits per heavy atom. The van der Waals surface area contributed by atoms with Gasteiger partial charge in [0.15, 0.2) is 6.61 Å². The number of nitrogens with one attached hydrogen (secondary N) is 1. The number of hydrogen-bond donors (Lipinski definition) is 1. The van der Waals surface area contributed by atoms with Crippen LogP contribution in [0.2, 0.25) is 10.0 Å². The largest absolute Gasteiger partial charge is 0.452 e. The predicted molar refractivity (Wildman–Crippen MR) is 120 cm³/mol. The van der Waals surface area contributed by atoms with Crippen molar-refractivity contribution in [3.8, 4) is 0 Å². The van der Waals surface area contributed by atoms with Gasteiger partial charge in [-0.3, -0.25) is 4.79 Å². The van der Waals surface area contributed by atoms with Crippen LogP contribution in [0.25, 0.3) is 6.08 Å². The Kier molecular flexibility index (Phi) is 8.30. The minimum absolute atomic E-state index is 0.249. The van der Waals surface area contributed by atoms with E-state index < -0.39 is 5.97 Å². The molecule has 0 heterocycles. The predicted octanol–water partition coefficient (Wildman–Crippen LogP) is 6.44. The maximum atomic E-state index is 12.4. The van der Waals surface area contributed by atoms with Crippen LogP contribution >= 0.6 is 23.2 Å². The minimum atomic E-state index is -0.632. The molecule has 0 spiro atoms. The topological polar surface area (TPSA) is 55.4 Å². The van der Waals surface area contributed by atoms with Gasteiger partial charge in [-0.05, 0) is 46.7 Å². The molecule has 0 aliphatic carbocycles. The minimum Gasteiger partial charge on any atom is -0.452 e. The van der Waals surface area contributed by atoms with Gasteiger partial charge < -0.3 is 10.1 Å². The summed E-state index contributed by atoms with van der Waals surface area (Å²) in [4.78, 5) is 24.3. The van der Waals surface area contributed by atoms with Gasteiger partial charge in [0.25, 0.3) is 5.91 Å². The van der Waals surface area contributed by atoms with Gasteiger partial charge >= 0.3 is 5.97 Å². The fraction of sp³-hybridized carbons (Fsp3) is 0.304. The highest BCUT2D eigenvalue weighted by Gasteiger charge is 2.16. The molecule has 1 amide bonds. The zero-order valence-electron chi connectivity index (χ0n) is 17.0. The molecule has 0 saturated heterocycles. The van der Waals surface area contributed by atoms with Crippen LogP contribution in [0.15, 0.2) is 42.5 Å². The highest BCUT2D eigenvalue weighted by Crippen LogP contribution is 2.32. The molecule has 0 aromatic heterocycles. The number of hydrogen-bond acceptors (Lipinski definition) is 3. The average molecular weight is 434 g/mol. The highest BCUT2D eigenvalue weighted by atomic mass is 35.5. The number of anilines is 1. The summed E-state index contributed by atoms with van der Waals surface area (Å²) in [6.45, 7) is 7.91. The van der Waals surface area contributed by atoms with Crippen LogP contribution in [-0.2, 0) is 14.3 Å². The molecule has 0 bridgehead atoms. The van der Waals surface area contributed by atoms with Crippen molar-refractivity contribution in [2.45, 2.75) is 39.5 Å². The van der Waals surface area contributed by atoms with Crippen LogP contribution < -0.4 is 5.32 Å². The van der Waals surface area contributed by atoms with E-state index in [4.69, 9.17) is 27.9 Å². The second-order valence-corrected chi connectivity index (χ2v) is 8.12. The van der Waals surface area contributed by atoms with Gasteiger partial charge in [0.1, 0.15) is 0 Å². The average Bonchev–Trinajstić information content (AvgIpc) is 2.65. The smallest absolute Gasteiger partial charge is 0.331 e. The maximum Gasteiger partial charge on any atom is 0.331 e. The molecule has 1 N–H and O–H groups in total. The van der Waals surface area contributed by atoms with Crippen molar-refractivity contribution in [1.29, 1.82) is 0 Å². The van der Waals surface area contributed by atoms with Gasteiger partial charge in [0, 0.05) is 21.8 Å². The summed E-state index contributed by atoms with van der Waals surface area (Å²) < 4.78 is 5.06. The van der Waals surface area contributed by atoms with E-state index in [9.17, 15) is 9.59 Å². The number of para-hydroxylation sites is 1. The first kappa shape index (κ1) is 23.0. The molecule has 154 valence electrons. The van der Waals surface area contributed by atoms with E-state index in [1.807, 2.05) is 18.2 Å². The lowest BCUT2D eigenvalue weighted by atomic mass is 9.92. The molecule has 0 saturated carbocycles. The van der Waals surface area contributed by atoms with Gasteiger partial charge in [-0.25, -0.2) is 4.79 Å². The van der Waals surface area contributed by atoms with Gasteiger partial charge in [-0.15, -0.1) is 0 Å². The third kappa shape index (κ3) is 6.62. The lowest BCUT2D eigenvalue weighted by Crippen LogP contribution is -2.22. The third-order valence-electron chi connectivity index (χ3n) is 4.34. The number of amides is 1. The molecular formula is C23H25Cl2NO3. The van der Waals surface area contributed by atoms with Crippen LogP contribution in [0.4, 0.5) is 5.69 Å². The van der Waals surface area contributed by atoms with Crippen molar-refractivity contribution in [2.75, 3.05) is 11.9 Å². The van der Waals surface area contributed by atoms with Crippen molar-refractivity contribution in [2.24, 2.45) is 0 Å². The molecule has 0 fully saturated rings. The lowest BCUT2D eigenvalue weighted by molar-refractivity contribution is -0.142. The quantitative estimate of drug-likeness (QED) is 0.403. The van der Waals surface area contributed by atoms with E-state index in [0.29, 0.717) is 15.6 Å². The van der Waals surface area contributed by atoms with E-state index >= 15 is 0 Å². The van der Waals surface area contributed by atoms with Gasteiger partial charge in [-0.2, -0.15) is 0 Å². The summed E-state index contributed by atoms with van der Waals surface area (Å²) >= 11 is 11.9. The molecular weight excluding hydrogens is 409 g/mol. The van der Waals surface area contributed by atoms with Crippen molar-refractivity contribution >= 4 is 46.8 Å². The number of benzene rings is 2. The van der Waals surface area contributed by atoms with Crippen molar-refractivity contribution in [3.63, 3.8) is 0 Å². The first-order valence-corrected chi connectivity index (χ1v) is 10.2. The Hall–Kier alpha value is -2.30. The Labute approximate surface area is 181 Å². The van der Waals surface area contributed by atoms with Gasteiger partial charge in [0.05, 0.1) is 0 Å². The summed E-state index contributed by atoms with van der Waals surface area (Å²) in [6.07, 6.45) is 2.74. The number of esters is 1. The highest BCUT2D eigenvalue weighted by molar-refractivity contribution is 6.35. The Bertz CT molecular complexity index is 894. The van der Waals surface area contributed by atoms with Crippen molar-refractivity contribution in [3.05, 3.63) is 69.2 Å². The Morgan fingerprint density at radius 3 is 2.21 bits per heavy atom. The molecule has 2 rings (SSSR count). The number of ether oxygens (including phenoxy) is 1. The molecule has 2 aromatic carbocycles. The first-order valence-electron chi connectivity index (χ1n) is 9.41. The van der Waals surface area contributed by atoms with Crippen LogP contribution in [0.5, 0.6) is 0 Å². The van der Waals surface area contributed by atoms with Gasteiger partial charge in [-0.1, -0.05) is 75.2 Å². The zero-order chi connectivity index (χ0) is 21.6. The summed E-state index contributed by atoms with van der Waals surface area (Å²) in [5, 5.41) is 3.84. The van der Waals surface area contributed by atoms with Crippen LogP contribution in [0.1, 0.15) is 56.2 Å². The molecule has 0 aliphatic rings. The zero-order valence-corrected chi connectivity index (χ0v) is 18.5. The molecule has 0 unspecified atom stereocenters. The molecule has 4 nitrogen and oxygen atoms in total. The maximum absolute atomic E-state index is 12.4. The molecule has 0 aliphatic heterocycles. The second kappa shape index (κ2) is 10.5. The molecule has 0 atom stereocenters. The van der Waals surface area contributed by atoms with Gasteiger partial charge in [0.2, 0.25) is 0 Å². The van der Waals surface area contributed by atoms with Crippen LogP contribution in [0, 0.1) is 0 Å². The number of carbonyl (C=O) groups is 2. The van der Waals surface area contributed by atoms with E-state index in [1.165, 1.54) is 12.2 Å². The number of halogens is 2. The number of rotatable bonds is 7. The molecule has 29 heavy (non-hydrogen) atoms. The first-order chi connectivity index (χ1) is 13.7. The summed E-state index contributed by atoms with van der Waals surface area (Å²) in [5.41, 5.74) is 3.52. The monoisotopic (exact) mass is 433 g/mol. The molecule has 0 radical (unpaired) electrons. The van der Waals surface area contributed by atoms with Crippen LogP contribution in [0.3, 0.4) is 0 Å². The summed E-state index contributed by atoms with van der Waals surface area (Å²) in [7, 11) is 0. The second-order valence-electron chi connectivity index (χ2n) is 7.28. The van der Waals surface area contributed by atoms with E-state index in [-0.39, 0.29) is 24.3 Å². The normalized spacial score (nSPS) is 11.3. The fourth-order valence-corrected chi connectivity index (χ4v) is 3.32. The molecule has 2 aromatic rings. The Balaban J connectivity index is 2.01. The van der Waals surface area contributed by atoms with E-state index in [0.717, 1.165) is 16.8 Å². The van der Waals surface area contributed by atoms with E-state index in [2.05, 4.69) is 33.0 Å². The lowest BCUT2D eigenvalue weighted by Gasteiger charge is -2.20. The standard InChI is InChI=1S/C23H25Cl2NO3/c1-14(2)18-6-5-7-19(15(3)4)23(18)26-21(27)13-29-22(28)11-9-16-8-10-17(24)12-20(16)25/h5-12,14-15H,13H2,1-4H3,(H,26,27). The summed E-state index contributed by atoms with van der Waals surface area (Å²) in [6, 6.07) is 10.9. The van der Waals surface area contributed by atoms with Crippen molar-refractivity contribution < 1.29 is 14.3 Å². The fourth-order valence-electron chi connectivity index (χ4n) is 2.85. The SMILES string of the molecule is CC(C)c1cccc(C(C)C)c1NC(=O)COC(=O)C=Cc1ccc(Cl)cc1Cl. The summed E-state index contributed by atoms with van der Waals surface area (Å²) in [5.74, 6) is -0.518.